The van der Waals surface area contributed by atoms with Crippen LogP contribution in [-0.2, 0) is 6.54 Å². The Morgan fingerprint density at radius 3 is 2.76 bits per heavy atom. The van der Waals surface area contributed by atoms with E-state index in [1.165, 1.54) is 6.20 Å². The first-order valence-electron chi connectivity index (χ1n) is 12.7. The van der Waals surface area contributed by atoms with Crippen molar-refractivity contribution in [2.24, 2.45) is 0 Å². The van der Waals surface area contributed by atoms with Crippen LogP contribution >= 0.6 is 0 Å². The van der Waals surface area contributed by atoms with E-state index in [1.54, 1.807) is 29.1 Å². The Balaban J connectivity index is 1.25. The fourth-order valence-corrected chi connectivity index (χ4v) is 4.39. The third-order valence-electron chi connectivity index (χ3n) is 6.48. The Bertz CT molecular complexity index is 1390. The van der Waals surface area contributed by atoms with Crippen LogP contribution in [0.5, 0.6) is 0 Å². The van der Waals surface area contributed by atoms with Crippen LogP contribution in [0.4, 0.5) is 5.82 Å². The van der Waals surface area contributed by atoms with Crippen LogP contribution in [0.2, 0.25) is 0 Å². The zero-order valence-electron chi connectivity index (χ0n) is 20.9. The van der Waals surface area contributed by atoms with Crippen LogP contribution in [0.15, 0.2) is 73.2 Å². The van der Waals surface area contributed by atoms with Crippen molar-refractivity contribution in [1.82, 2.24) is 35.7 Å². The van der Waals surface area contributed by atoms with Gasteiger partial charge in [0.05, 0.1) is 17.6 Å². The molecule has 10 heteroatoms. The lowest BCUT2D eigenvalue weighted by molar-refractivity contribution is 0.0928. The predicted molar refractivity (Wildman–Crippen MR) is 145 cm³/mol. The zero-order valence-corrected chi connectivity index (χ0v) is 20.9. The first-order valence-corrected chi connectivity index (χ1v) is 12.7. The van der Waals surface area contributed by atoms with Crippen molar-refractivity contribution in [3.8, 4) is 16.9 Å². The van der Waals surface area contributed by atoms with Gasteiger partial charge in [-0.1, -0.05) is 30.7 Å². The first kappa shape index (κ1) is 25.1. The third kappa shape index (κ3) is 6.04. The molecule has 2 aromatic carbocycles. The molecule has 1 unspecified atom stereocenters. The van der Waals surface area contributed by atoms with E-state index in [2.05, 4.69) is 31.0 Å². The van der Waals surface area contributed by atoms with E-state index >= 15 is 0 Å². The summed E-state index contributed by atoms with van der Waals surface area (Å²) in [5.41, 5.74) is 9.60. The van der Waals surface area contributed by atoms with E-state index in [-0.39, 0.29) is 29.4 Å². The number of hydrogen-bond donors (Lipinski definition) is 4. The van der Waals surface area contributed by atoms with Gasteiger partial charge in [-0.05, 0) is 55.3 Å². The number of aromatic nitrogens is 4. The normalized spacial score (nSPS) is 15.4. The average molecular weight is 511 g/mol. The first-order chi connectivity index (χ1) is 18.6. The van der Waals surface area contributed by atoms with Crippen LogP contribution in [0.1, 0.15) is 45.7 Å². The average Bonchev–Trinajstić information content (AvgIpc) is 3.37. The summed E-state index contributed by atoms with van der Waals surface area (Å²) in [4.78, 5) is 34.5. The Hall–Kier alpha value is -4.57. The number of carbonyl (C=O) groups excluding carboxylic acids is 2. The molecule has 10 nitrogen and oxygen atoms in total. The molecule has 5 N–H and O–H groups in total. The Morgan fingerprint density at radius 2 is 1.95 bits per heavy atom. The molecule has 194 valence electrons. The maximum Gasteiger partial charge on any atom is 0.274 e. The van der Waals surface area contributed by atoms with E-state index in [0.29, 0.717) is 29.9 Å². The van der Waals surface area contributed by atoms with Crippen molar-refractivity contribution in [3.63, 3.8) is 0 Å². The lowest BCUT2D eigenvalue weighted by atomic mass is 10.1. The molecule has 0 saturated carbocycles. The van der Waals surface area contributed by atoms with Crippen molar-refractivity contribution < 1.29 is 9.59 Å². The van der Waals surface area contributed by atoms with Gasteiger partial charge in [-0.3, -0.25) is 9.59 Å². The number of carbonyl (C=O) groups is 2. The number of nitrogens with two attached hydrogens (primary N) is 1. The van der Waals surface area contributed by atoms with Crippen LogP contribution in [0.3, 0.4) is 0 Å². The molecule has 0 radical (unpaired) electrons. The monoisotopic (exact) mass is 510 g/mol. The van der Waals surface area contributed by atoms with Gasteiger partial charge in [0.1, 0.15) is 0 Å². The summed E-state index contributed by atoms with van der Waals surface area (Å²) < 4.78 is 1.78. The van der Waals surface area contributed by atoms with Gasteiger partial charge in [0.25, 0.3) is 11.8 Å². The van der Waals surface area contributed by atoms with E-state index in [0.717, 1.165) is 37.1 Å². The second-order valence-corrected chi connectivity index (χ2v) is 9.24. The van der Waals surface area contributed by atoms with Crippen molar-refractivity contribution in [3.05, 3.63) is 90.0 Å². The molecule has 0 spiro atoms. The Kier molecular flexibility index (Phi) is 7.70. The fourth-order valence-electron chi connectivity index (χ4n) is 4.39. The molecule has 38 heavy (non-hydrogen) atoms. The molecule has 0 bridgehead atoms. The maximum absolute atomic E-state index is 12.9. The van der Waals surface area contributed by atoms with E-state index in [4.69, 9.17) is 5.73 Å². The van der Waals surface area contributed by atoms with Crippen LogP contribution in [0.25, 0.3) is 16.9 Å². The molecule has 2 aromatic heterocycles. The molecule has 1 aliphatic rings. The van der Waals surface area contributed by atoms with Gasteiger partial charge >= 0.3 is 0 Å². The topological polar surface area (TPSA) is 140 Å². The van der Waals surface area contributed by atoms with Gasteiger partial charge < -0.3 is 21.7 Å². The largest absolute Gasteiger partial charge is 0.382 e. The number of nitrogens with zero attached hydrogens (tertiary/aromatic N) is 4. The van der Waals surface area contributed by atoms with Crippen molar-refractivity contribution in [2.75, 3.05) is 18.8 Å². The minimum atomic E-state index is -0.349. The number of rotatable bonds is 7. The Labute approximate surface area is 220 Å². The summed E-state index contributed by atoms with van der Waals surface area (Å²) in [6.45, 7) is 2.04. The van der Waals surface area contributed by atoms with Gasteiger partial charge in [0.15, 0.2) is 11.5 Å². The van der Waals surface area contributed by atoms with E-state index in [1.807, 2.05) is 42.6 Å². The molecule has 1 atom stereocenters. The van der Waals surface area contributed by atoms with E-state index < -0.39 is 0 Å². The van der Waals surface area contributed by atoms with Gasteiger partial charge in [-0.25, -0.2) is 14.6 Å². The summed E-state index contributed by atoms with van der Waals surface area (Å²) in [6.07, 6.45) is 8.15. The summed E-state index contributed by atoms with van der Waals surface area (Å²) in [6, 6.07) is 16.8. The molecule has 1 aliphatic heterocycles. The van der Waals surface area contributed by atoms with Crippen molar-refractivity contribution in [1.29, 1.82) is 0 Å². The summed E-state index contributed by atoms with van der Waals surface area (Å²) >= 11 is 0. The Morgan fingerprint density at radius 1 is 1.08 bits per heavy atom. The summed E-state index contributed by atoms with van der Waals surface area (Å²) in [7, 11) is 0. The highest BCUT2D eigenvalue weighted by Gasteiger charge is 2.20. The molecule has 1 fully saturated rings. The van der Waals surface area contributed by atoms with Gasteiger partial charge in [0.2, 0.25) is 0 Å². The van der Waals surface area contributed by atoms with Crippen LogP contribution in [0, 0.1) is 0 Å². The lowest BCUT2D eigenvalue weighted by Crippen LogP contribution is -2.41. The molecular weight excluding hydrogens is 480 g/mol. The minimum Gasteiger partial charge on any atom is -0.382 e. The SMILES string of the molecule is Nc1ncc(-c2cccc(C(=O)NCc3ccc(-n4cccn4)cc3)c2)nc1C(=O)NC1CCCCNC1. The van der Waals surface area contributed by atoms with Crippen molar-refractivity contribution >= 4 is 17.6 Å². The maximum atomic E-state index is 12.9. The predicted octanol–water partition coefficient (Wildman–Crippen LogP) is 2.71. The number of anilines is 1. The molecule has 3 heterocycles. The summed E-state index contributed by atoms with van der Waals surface area (Å²) in [5, 5.41) is 13.5. The second kappa shape index (κ2) is 11.7. The summed E-state index contributed by atoms with van der Waals surface area (Å²) in [5.74, 6) is -0.497. The molecule has 0 aliphatic carbocycles. The van der Waals surface area contributed by atoms with E-state index in [9.17, 15) is 9.59 Å². The smallest absolute Gasteiger partial charge is 0.274 e. The number of hydrogen-bond acceptors (Lipinski definition) is 7. The third-order valence-corrected chi connectivity index (χ3v) is 6.48. The lowest BCUT2D eigenvalue weighted by Gasteiger charge is -2.16. The highest BCUT2D eigenvalue weighted by Crippen LogP contribution is 2.20. The van der Waals surface area contributed by atoms with Crippen LogP contribution in [-0.4, -0.2) is 50.7 Å². The number of nitrogens with one attached hydrogen (secondary N) is 3. The molecular formula is C28H30N8O2. The number of nitrogen functional groups attached to an aromatic ring is 1. The number of benzene rings is 2. The highest BCUT2D eigenvalue weighted by molar-refractivity contribution is 5.97. The highest BCUT2D eigenvalue weighted by atomic mass is 16.2. The quantitative estimate of drug-likeness (QED) is 0.300. The fraction of sp³-hybridized carbons (Fsp3) is 0.250. The van der Waals surface area contributed by atoms with Gasteiger partial charge in [-0.2, -0.15) is 5.10 Å². The standard InChI is InChI=1S/C28H30N8O2/c29-26-25(28(38)34-22-7-1-2-12-30-17-22)35-24(18-31-26)20-5-3-6-21(15-20)27(37)32-16-19-8-10-23(11-9-19)36-14-4-13-33-36/h3-6,8-11,13-15,18,22,30H,1-2,7,12,16-17H2,(H2,29,31)(H,32,37)(H,34,38). The minimum absolute atomic E-state index is 0.0173. The van der Waals surface area contributed by atoms with Crippen LogP contribution < -0.4 is 21.7 Å². The second-order valence-electron chi connectivity index (χ2n) is 9.24. The molecule has 2 amide bonds. The van der Waals surface area contributed by atoms with Crippen molar-refractivity contribution in [2.45, 2.75) is 31.8 Å². The zero-order chi connectivity index (χ0) is 26.3. The molecule has 4 aromatic rings. The molecule has 5 rings (SSSR count). The number of amides is 2. The van der Waals surface area contributed by atoms with Gasteiger partial charge in [-0.15, -0.1) is 0 Å². The molecule has 1 saturated heterocycles. The van der Waals surface area contributed by atoms with Gasteiger partial charge in [0, 0.05) is 42.7 Å².